The molecule has 1 aliphatic heterocycles. The maximum atomic E-state index is 12.3. The van der Waals surface area contributed by atoms with Gasteiger partial charge in [-0.3, -0.25) is 4.90 Å². The van der Waals surface area contributed by atoms with E-state index in [2.05, 4.69) is 29.2 Å². The standard InChI is InChI=1S/C21H33N3O2/c1-21(2,3)26-20(25)24-12-10-23(11-13-24)19(14-16-4-5-16)18-8-6-17(15-22)7-9-18/h6-9,16,19H,4-5,10-15,22H2,1-3H3/t19-/m0/s1. The van der Waals surface area contributed by atoms with E-state index < -0.39 is 5.60 Å². The molecule has 2 fully saturated rings. The van der Waals surface area contributed by atoms with E-state index in [1.807, 2.05) is 25.7 Å². The van der Waals surface area contributed by atoms with Crippen molar-refractivity contribution in [2.75, 3.05) is 26.2 Å². The minimum Gasteiger partial charge on any atom is -0.444 e. The van der Waals surface area contributed by atoms with Crippen LogP contribution in [0, 0.1) is 5.92 Å². The molecule has 1 aromatic rings. The van der Waals surface area contributed by atoms with Crippen LogP contribution in [0.4, 0.5) is 4.79 Å². The summed E-state index contributed by atoms with van der Waals surface area (Å²) in [5.41, 5.74) is 7.85. The van der Waals surface area contributed by atoms with Crippen LogP contribution in [0.5, 0.6) is 0 Å². The molecule has 2 N–H and O–H groups in total. The molecule has 1 saturated carbocycles. The second kappa shape index (κ2) is 7.97. The van der Waals surface area contributed by atoms with E-state index in [0.29, 0.717) is 12.6 Å². The number of nitrogens with two attached hydrogens (primary N) is 1. The number of hydrogen-bond donors (Lipinski definition) is 1. The molecule has 0 unspecified atom stereocenters. The Balaban J connectivity index is 1.62. The van der Waals surface area contributed by atoms with Crippen molar-refractivity contribution in [2.24, 2.45) is 11.7 Å². The van der Waals surface area contributed by atoms with Gasteiger partial charge in [0.2, 0.25) is 0 Å². The third-order valence-corrected chi connectivity index (χ3v) is 5.26. The molecule has 2 aliphatic rings. The Hall–Kier alpha value is -1.59. The van der Waals surface area contributed by atoms with Gasteiger partial charge in [-0.25, -0.2) is 4.79 Å². The zero-order valence-corrected chi connectivity index (χ0v) is 16.4. The smallest absolute Gasteiger partial charge is 0.410 e. The lowest BCUT2D eigenvalue weighted by Crippen LogP contribution is -2.50. The van der Waals surface area contributed by atoms with Crippen LogP contribution < -0.4 is 5.73 Å². The first-order chi connectivity index (χ1) is 12.4. The monoisotopic (exact) mass is 359 g/mol. The van der Waals surface area contributed by atoms with Gasteiger partial charge in [0.1, 0.15) is 5.60 Å². The normalized spacial score (nSPS) is 20.1. The summed E-state index contributed by atoms with van der Waals surface area (Å²) >= 11 is 0. The first kappa shape index (κ1) is 19.2. The predicted molar refractivity (Wildman–Crippen MR) is 104 cm³/mol. The lowest BCUT2D eigenvalue weighted by molar-refractivity contribution is 0.00942. The second-order valence-corrected chi connectivity index (χ2v) is 8.64. The molecule has 1 saturated heterocycles. The lowest BCUT2D eigenvalue weighted by Gasteiger charge is -2.40. The Bertz CT molecular complexity index is 597. The first-order valence-electron chi connectivity index (χ1n) is 9.86. The number of hydrogen-bond acceptors (Lipinski definition) is 4. The molecule has 26 heavy (non-hydrogen) atoms. The maximum absolute atomic E-state index is 12.3. The lowest BCUT2D eigenvalue weighted by atomic mass is 9.97. The van der Waals surface area contributed by atoms with Gasteiger partial charge in [0.15, 0.2) is 0 Å². The van der Waals surface area contributed by atoms with Crippen LogP contribution in [0.25, 0.3) is 0 Å². The molecule has 3 rings (SSSR count). The first-order valence-corrected chi connectivity index (χ1v) is 9.86. The summed E-state index contributed by atoms with van der Waals surface area (Å²) in [4.78, 5) is 16.7. The summed E-state index contributed by atoms with van der Waals surface area (Å²) in [6, 6.07) is 9.19. The number of piperazine rings is 1. The molecular formula is C21H33N3O2. The molecule has 0 spiro atoms. The number of benzene rings is 1. The van der Waals surface area contributed by atoms with Gasteiger partial charge < -0.3 is 15.4 Å². The Labute approximate surface area is 157 Å². The minimum absolute atomic E-state index is 0.191. The van der Waals surface area contributed by atoms with Crippen LogP contribution in [0.2, 0.25) is 0 Å². The van der Waals surface area contributed by atoms with Gasteiger partial charge in [-0.1, -0.05) is 37.1 Å². The van der Waals surface area contributed by atoms with Crippen LogP contribution >= 0.6 is 0 Å². The fourth-order valence-corrected chi connectivity index (χ4v) is 3.58. The summed E-state index contributed by atoms with van der Waals surface area (Å²) in [6.07, 6.45) is 3.74. The molecule has 1 aliphatic carbocycles. The third kappa shape index (κ3) is 5.21. The van der Waals surface area contributed by atoms with E-state index in [0.717, 1.165) is 32.1 Å². The van der Waals surface area contributed by atoms with Gasteiger partial charge >= 0.3 is 6.09 Å². The summed E-state index contributed by atoms with van der Waals surface area (Å²) in [5, 5.41) is 0. The molecule has 1 amide bonds. The predicted octanol–water partition coefficient (Wildman–Crippen LogP) is 3.54. The minimum atomic E-state index is -0.437. The zero-order valence-electron chi connectivity index (χ0n) is 16.4. The van der Waals surface area contributed by atoms with Crippen molar-refractivity contribution in [3.05, 3.63) is 35.4 Å². The number of carbonyl (C=O) groups excluding carboxylic acids is 1. The highest BCUT2D eigenvalue weighted by Gasteiger charge is 2.33. The Morgan fingerprint density at radius 3 is 2.27 bits per heavy atom. The summed E-state index contributed by atoms with van der Waals surface area (Å²) in [6.45, 7) is 9.59. The number of carbonyl (C=O) groups is 1. The van der Waals surface area contributed by atoms with Crippen molar-refractivity contribution in [1.82, 2.24) is 9.80 Å². The number of nitrogens with zero attached hydrogens (tertiary/aromatic N) is 2. The fourth-order valence-electron chi connectivity index (χ4n) is 3.58. The van der Waals surface area contributed by atoms with Gasteiger partial charge in [-0.15, -0.1) is 0 Å². The molecule has 0 bridgehead atoms. The van der Waals surface area contributed by atoms with E-state index in [-0.39, 0.29) is 6.09 Å². The van der Waals surface area contributed by atoms with Crippen molar-refractivity contribution >= 4 is 6.09 Å². The topological polar surface area (TPSA) is 58.8 Å². The Morgan fingerprint density at radius 1 is 1.15 bits per heavy atom. The van der Waals surface area contributed by atoms with Gasteiger partial charge in [0, 0.05) is 38.8 Å². The molecular weight excluding hydrogens is 326 g/mol. The van der Waals surface area contributed by atoms with Crippen LogP contribution in [-0.2, 0) is 11.3 Å². The van der Waals surface area contributed by atoms with E-state index in [1.165, 1.54) is 30.4 Å². The average Bonchev–Trinajstić information content (AvgIpc) is 3.43. The summed E-state index contributed by atoms with van der Waals surface area (Å²) in [5.74, 6) is 0.859. The van der Waals surface area contributed by atoms with Gasteiger partial charge in [-0.2, -0.15) is 0 Å². The number of ether oxygens (including phenoxy) is 1. The van der Waals surface area contributed by atoms with E-state index in [9.17, 15) is 4.79 Å². The van der Waals surface area contributed by atoms with E-state index in [4.69, 9.17) is 10.5 Å². The number of amides is 1. The van der Waals surface area contributed by atoms with E-state index >= 15 is 0 Å². The van der Waals surface area contributed by atoms with Crippen molar-refractivity contribution in [2.45, 2.75) is 58.2 Å². The van der Waals surface area contributed by atoms with Gasteiger partial charge in [-0.05, 0) is 44.2 Å². The van der Waals surface area contributed by atoms with Gasteiger partial charge in [0.25, 0.3) is 0 Å². The largest absolute Gasteiger partial charge is 0.444 e. The van der Waals surface area contributed by atoms with Crippen molar-refractivity contribution in [1.29, 1.82) is 0 Å². The molecule has 0 aromatic heterocycles. The number of rotatable bonds is 5. The molecule has 5 heteroatoms. The molecule has 1 heterocycles. The maximum Gasteiger partial charge on any atom is 0.410 e. The molecule has 1 aromatic carbocycles. The van der Waals surface area contributed by atoms with Gasteiger partial charge in [0.05, 0.1) is 0 Å². The van der Waals surface area contributed by atoms with Crippen molar-refractivity contribution in [3.8, 4) is 0 Å². The quantitative estimate of drug-likeness (QED) is 0.874. The zero-order chi connectivity index (χ0) is 18.7. The van der Waals surface area contributed by atoms with Crippen LogP contribution in [-0.4, -0.2) is 47.7 Å². The molecule has 1 atom stereocenters. The second-order valence-electron chi connectivity index (χ2n) is 8.64. The van der Waals surface area contributed by atoms with Crippen LogP contribution in [0.1, 0.15) is 57.2 Å². The van der Waals surface area contributed by atoms with Crippen LogP contribution in [0.3, 0.4) is 0 Å². The molecule has 0 radical (unpaired) electrons. The highest BCUT2D eigenvalue weighted by atomic mass is 16.6. The van der Waals surface area contributed by atoms with Crippen molar-refractivity contribution in [3.63, 3.8) is 0 Å². The Morgan fingerprint density at radius 2 is 1.77 bits per heavy atom. The summed E-state index contributed by atoms with van der Waals surface area (Å²) < 4.78 is 5.51. The van der Waals surface area contributed by atoms with Crippen LogP contribution in [0.15, 0.2) is 24.3 Å². The van der Waals surface area contributed by atoms with Crippen molar-refractivity contribution < 1.29 is 9.53 Å². The highest BCUT2D eigenvalue weighted by Crippen LogP contribution is 2.40. The van der Waals surface area contributed by atoms with E-state index in [1.54, 1.807) is 0 Å². The summed E-state index contributed by atoms with van der Waals surface area (Å²) in [7, 11) is 0. The SMILES string of the molecule is CC(C)(C)OC(=O)N1CCN([C@@H](CC2CC2)c2ccc(CN)cc2)CC1. The Kier molecular flexibility index (Phi) is 5.88. The molecule has 5 nitrogen and oxygen atoms in total. The molecule has 144 valence electrons. The fraction of sp³-hybridized carbons (Fsp3) is 0.667. The highest BCUT2D eigenvalue weighted by molar-refractivity contribution is 5.68. The average molecular weight is 360 g/mol. The third-order valence-electron chi connectivity index (χ3n) is 5.26.